The van der Waals surface area contributed by atoms with Gasteiger partial charge in [-0.15, -0.1) is 0 Å². The normalized spacial score (nSPS) is 10.4. The quantitative estimate of drug-likeness (QED) is 0.628. The highest BCUT2D eigenvalue weighted by molar-refractivity contribution is 5.83. The molecular weight excluding hydrogens is 370 g/mol. The molecule has 29 heavy (non-hydrogen) atoms. The van der Waals surface area contributed by atoms with Crippen molar-refractivity contribution in [1.29, 1.82) is 0 Å². The van der Waals surface area contributed by atoms with E-state index in [9.17, 15) is 9.59 Å². The van der Waals surface area contributed by atoms with Crippen LogP contribution in [0.1, 0.15) is 22.6 Å². The van der Waals surface area contributed by atoms with Gasteiger partial charge in [0.25, 0.3) is 5.91 Å². The van der Waals surface area contributed by atoms with E-state index < -0.39 is 11.8 Å². The number of ether oxygens (including phenoxy) is 1. The average Bonchev–Trinajstić information content (AvgIpc) is 3.05. The molecule has 0 radical (unpaired) electrons. The van der Waals surface area contributed by atoms with Gasteiger partial charge in [0.1, 0.15) is 11.5 Å². The van der Waals surface area contributed by atoms with E-state index in [0.29, 0.717) is 23.1 Å². The zero-order valence-electron chi connectivity index (χ0n) is 16.6. The second kappa shape index (κ2) is 9.05. The highest BCUT2D eigenvalue weighted by Gasteiger charge is 2.15. The SMILES string of the molecule is Cc1cc(C)cc(OCC(=O)NNC(=O)Cc2nc(-c3ccccc3)oc2C)c1. The third kappa shape index (κ3) is 5.68. The summed E-state index contributed by atoms with van der Waals surface area (Å²) in [5.74, 6) is 0.760. The maximum Gasteiger partial charge on any atom is 0.276 e. The summed E-state index contributed by atoms with van der Waals surface area (Å²) in [4.78, 5) is 28.4. The lowest BCUT2D eigenvalue weighted by molar-refractivity contribution is -0.129. The van der Waals surface area contributed by atoms with Crippen LogP contribution in [0.2, 0.25) is 0 Å². The van der Waals surface area contributed by atoms with Gasteiger partial charge in [-0.3, -0.25) is 20.4 Å². The van der Waals surface area contributed by atoms with Gasteiger partial charge in [-0.05, 0) is 56.2 Å². The molecule has 150 valence electrons. The van der Waals surface area contributed by atoms with Crippen molar-refractivity contribution >= 4 is 11.8 Å². The summed E-state index contributed by atoms with van der Waals surface area (Å²) >= 11 is 0. The van der Waals surface area contributed by atoms with Crippen LogP contribution in [0.4, 0.5) is 0 Å². The first-order valence-electron chi connectivity index (χ1n) is 9.21. The van der Waals surface area contributed by atoms with Crippen molar-refractivity contribution in [2.75, 3.05) is 6.61 Å². The largest absolute Gasteiger partial charge is 0.484 e. The van der Waals surface area contributed by atoms with E-state index in [-0.39, 0.29) is 13.0 Å². The van der Waals surface area contributed by atoms with Gasteiger partial charge in [0, 0.05) is 5.56 Å². The minimum atomic E-state index is -0.459. The van der Waals surface area contributed by atoms with E-state index >= 15 is 0 Å². The number of rotatable bonds is 6. The number of benzene rings is 2. The van der Waals surface area contributed by atoms with E-state index in [2.05, 4.69) is 15.8 Å². The van der Waals surface area contributed by atoms with Crippen LogP contribution < -0.4 is 15.6 Å². The fourth-order valence-electron chi connectivity index (χ4n) is 2.83. The van der Waals surface area contributed by atoms with Gasteiger partial charge < -0.3 is 9.15 Å². The molecule has 2 N–H and O–H groups in total. The maximum absolute atomic E-state index is 12.1. The minimum Gasteiger partial charge on any atom is -0.484 e. The van der Waals surface area contributed by atoms with Gasteiger partial charge in [-0.2, -0.15) is 0 Å². The number of aryl methyl sites for hydroxylation is 3. The Hall–Kier alpha value is -3.61. The van der Waals surface area contributed by atoms with Gasteiger partial charge in [-0.1, -0.05) is 24.3 Å². The Kier molecular flexibility index (Phi) is 6.29. The Morgan fingerprint density at radius 3 is 2.31 bits per heavy atom. The average molecular weight is 393 g/mol. The monoisotopic (exact) mass is 393 g/mol. The molecule has 0 unspecified atom stereocenters. The molecule has 2 aromatic carbocycles. The number of hydrazine groups is 1. The third-order valence-corrected chi connectivity index (χ3v) is 4.15. The van der Waals surface area contributed by atoms with Gasteiger partial charge in [-0.25, -0.2) is 4.98 Å². The molecule has 7 heteroatoms. The number of amides is 2. The molecule has 0 bridgehead atoms. The molecule has 0 saturated heterocycles. The zero-order valence-corrected chi connectivity index (χ0v) is 16.6. The summed E-state index contributed by atoms with van der Waals surface area (Å²) < 4.78 is 11.1. The topological polar surface area (TPSA) is 93.5 Å². The lowest BCUT2D eigenvalue weighted by atomic mass is 10.1. The molecular formula is C22H23N3O4. The maximum atomic E-state index is 12.1. The molecule has 0 atom stereocenters. The molecule has 0 aliphatic heterocycles. The van der Waals surface area contributed by atoms with Gasteiger partial charge in [0.15, 0.2) is 6.61 Å². The molecule has 0 spiro atoms. The van der Waals surface area contributed by atoms with Gasteiger partial charge in [0.2, 0.25) is 11.8 Å². The van der Waals surface area contributed by atoms with E-state index in [1.54, 1.807) is 6.92 Å². The van der Waals surface area contributed by atoms with Gasteiger partial charge in [0.05, 0.1) is 12.1 Å². The summed E-state index contributed by atoms with van der Waals surface area (Å²) in [6.07, 6.45) is -0.0135. The predicted octanol–water partition coefficient (Wildman–Crippen LogP) is 3.04. The van der Waals surface area contributed by atoms with E-state index in [4.69, 9.17) is 9.15 Å². The zero-order chi connectivity index (χ0) is 20.8. The number of hydrogen-bond acceptors (Lipinski definition) is 5. The van der Waals surface area contributed by atoms with Crippen molar-refractivity contribution in [3.63, 3.8) is 0 Å². The number of carbonyl (C=O) groups is 2. The summed E-state index contributed by atoms with van der Waals surface area (Å²) in [5.41, 5.74) is 8.15. The fourth-order valence-corrected chi connectivity index (χ4v) is 2.83. The Labute approximate surface area is 169 Å². The van der Waals surface area contributed by atoms with Crippen molar-refractivity contribution < 1.29 is 18.7 Å². The number of carbonyl (C=O) groups excluding carboxylic acids is 2. The third-order valence-electron chi connectivity index (χ3n) is 4.15. The Morgan fingerprint density at radius 2 is 1.62 bits per heavy atom. The van der Waals surface area contributed by atoms with Gasteiger partial charge >= 0.3 is 0 Å². The first-order chi connectivity index (χ1) is 13.9. The number of nitrogens with zero attached hydrogens (tertiary/aromatic N) is 1. The van der Waals surface area contributed by atoms with E-state index in [0.717, 1.165) is 16.7 Å². The smallest absolute Gasteiger partial charge is 0.276 e. The predicted molar refractivity (Wildman–Crippen MR) is 108 cm³/mol. The van der Waals surface area contributed by atoms with E-state index in [1.807, 2.05) is 62.4 Å². The molecule has 0 fully saturated rings. The molecule has 2 amide bonds. The van der Waals surface area contributed by atoms with Crippen LogP contribution in [-0.4, -0.2) is 23.4 Å². The van der Waals surface area contributed by atoms with E-state index in [1.165, 1.54) is 0 Å². The Bertz CT molecular complexity index is 992. The van der Waals surface area contributed by atoms with Crippen LogP contribution in [-0.2, 0) is 16.0 Å². The molecule has 7 nitrogen and oxygen atoms in total. The first kappa shape index (κ1) is 20.1. The van der Waals surface area contributed by atoms with Crippen molar-refractivity contribution in [2.24, 2.45) is 0 Å². The second-order valence-electron chi connectivity index (χ2n) is 6.77. The number of aromatic nitrogens is 1. The fraction of sp³-hybridized carbons (Fsp3) is 0.227. The number of hydrogen-bond donors (Lipinski definition) is 2. The van der Waals surface area contributed by atoms with Crippen LogP contribution >= 0.6 is 0 Å². The van der Waals surface area contributed by atoms with Crippen LogP contribution in [0, 0.1) is 20.8 Å². The summed E-state index contributed by atoms with van der Waals surface area (Å²) in [6, 6.07) is 15.1. The molecule has 0 aliphatic carbocycles. The first-order valence-corrected chi connectivity index (χ1v) is 9.21. The molecule has 3 rings (SSSR count). The highest BCUT2D eigenvalue weighted by Crippen LogP contribution is 2.21. The number of oxazole rings is 1. The molecule has 0 aliphatic rings. The lowest BCUT2D eigenvalue weighted by Crippen LogP contribution is -2.44. The van der Waals surface area contributed by atoms with Crippen LogP contribution in [0.25, 0.3) is 11.5 Å². The summed E-state index contributed by atoms with van der Waals surface area (Å²) in [7, 11) is 0. The number of nitrogens with one attached hydrogen (secondary N) is 2. The Morgan fingerprint density at radius 1 is 0.966 bits per heavy atom. The van der Waals surface area contributed by atoms with Crippen molar-refractivity contribution in [3.05, 3.63) is 71.1 Å². The van der Waals surface area contributed by atoms with Crippen LogP contribution in [0.5, 0.6) is 5.75 Å². The second-order valence-corrected chi connectivity index (χ2v) is 6.77. The molecule has 1 heterocycles. The molecule has 1 aromatic heterocycles. The molecule has 3 aromatic rings. The van der Waals surface area contributed by atoms with Crippen LogP contribution in [0.15, 0.2) is 52.9 Å². The lowest BCUT2D eigenvalue weighted by Gasteiger charge is -2.09. The van der Waals surface area contributed by atoms with Crippen molar-refractivity contribution in [1.82, 2.24) is 15.8 Å². The summed E-state index contributed by atoms with van der Waals surface area (Å²) in [6.45, 7) is 5.45. The standard InChI is InChI=1S/C22H23N3O4/c1-14-9-15(2)11-18(10-14)28-13-21(27)25-24-20(26)12-19-16(3)29-22(23-19)17-7-5-4-6-8-17/h4-11H,12-13H2,1-3H3,(H,24,26)(H,25,27). The van der Waals surface area contributed by atoms with Crippen LogP contribution in [0.3, 0.4) is 0 Å². The highest BCUT2D eigenvalue weighted by atomic mass is 16.5. The van der Waals surface area contributed by atoms with Crippen molar-refractivity contribution in [2.45, 2.75) is 27.2 Å². The minimum absolute atomic E-state index is 0.0135. The Balaban J connectivity index is 1.48. The van der Waals surface area contributed by atoms with Crippen molar-refractivity contribution in [3.8, 4) is 17.2 Å². The molecule has 0 saturated carbocycles. The summed E-state index contributed by atoms with van der Waals surface area (Å²) in [5, 5.41) is 0.